The molecule has 1 aliphatic carbocycles. The van der Waals surface area contributed by atoms with Gasteiger partial charge in [0.2, 0.25) is 0 Å². The molecule has 0 bridgehead atoms. The summed E-state index contributed by atoms with van der Waals surface area (Å²) >= 11 is 0. The summed E-state index contributed by atoms with van der Waals surface area (Å²) in [6.07, 6.45) is 6.82. The van der Waals surface area contributed by atoms with E-state index in [0.717, 1.165) is 35.4 Å². The molecule has 37 heavy (non-hydrogen) atoms. The van der Waals surface area contributed by atoms with Crippen LogP contribution in [0.25, 0.3) is 22.2 Å². The maximum atomic E-state index is 14.8. The quantitative estimate of drug-likeness (QED) is 0.329. The number of nitrogens with zero attached hydrogens (tertiary/aromatic N) is 4. The number of hydrogen-bond acceptors (Lipinski definition) is 7. The molecule has 0 spiro atoms. The number of pyridine rings is 2. The van der Waals surface area contributed by atoms with Gasteiger partial charge in [-0.2, -0.15) is 0 Å². The van der Waals surface area contributed by atoms with Crippen LogP contribution in [0.1, 0.15) is 54.2 Å². The van der Waals surface area contributed by atoms with E-state index in [1.54, 1.807) is 24.5 Å². The minimum atomic E-state index is -0.460. The number of amides is 1. The maximum absolute atomic E-state index is 14.8. The normalized spacial score (nSPS) is 15.7. The van der Waals surface area contributed by atoms with Gasteiger partial charge in [-0.1, -0.05) is 19.9 Å². The van der Waals surface area contributed by atoms with E-state index < -0.39 is 5.82 Å². The number of rotatable bonds is 8. The fraction of sp³-hybridized carbons (Fsp3) is 0.321. The molecular weight excluding hydrogens is 469 g/mol. The fourth-order valence-corrected chi connectivity index (χ4v) is 4.53. The Labute approximate surface area is 215 Å². The molecule has 1 amide bonds. The molecule has 190 valence electrons. The average Bonchev–Trinajstić information content (AvgIpc) is 3.69. The van der Waals surface area contributed by atoms with Crippen LogP contribution in [0, 0.1) is 11.7 Å². The van der Waals surface area contributed by atoms with Crippen molar-refractivity contribution in [2.75, 3.05) is 18.9 Å². The first-order chi connectivity index (χ1) is 17.8. The average molecular weight is 500 g/mol. The van der Waals surface area contributed by atoms with Crippen molar-refractivity contribution >= 4 is 22.6 Å². The lowest BCUT2D eigenvalue weighted by molar-refractivity contribution is 0.0964. The number of nitrogens with one attached hydrogen (secondary N) is 2. The van der Waals surface area contributed by atoms with Crippen LogP contribution in [0.15, 0.2) is 55.1 Å². The van der Waals surface area contributed by atoms with Crippen molar-refractivity contribution < 1.29 is 9.18 Å². The number of nitrogens with two attached hydrogens (primary N) is 1. The summed E-state index contributed by atoms with van der Waals surface area (Å²) in [5, 5.41) is 6.22. The number of carbonyl (C=O) groups is 1. The molecule has 4 aromatic rings. The number of fused-ring (bicyclic) bond motifs is 1. The summed E-state index contributed by atoms with van der Waals surface area (Å²) in [5.74, 6) is 0.0861. The molecule has 4 N–H and O–H groups in total. The van der Waals surface area contributed by atoms with E-state index in [9.17, 15) is 9.18 Å². The highest BCUT2D eigenvalue weighted by molar-refractivity contribution is 6.06. The third-order valence-electron chi connectivity index (χ3n) is 7.32. The Kier molecular flexibility index (Phi) is 6.55. The zero-order valence-electron chi connectivity index (χ0n) is 21.1. The molecule has 3 heterocycles. The predicted octanol–water partition coefficient (Wildman–Crippen LogP) is 4.39. The molecule has 5 rings (SSSR count). The third-order valence-corrected chi connectivity index (χ3v) is 7.32. The van der Waals surface area contributed by atoms with E-state index >= 15 is 0 Å². The minimum absolute atomic E-state index is 0.0343. The minimum Gasteiger partial charge on any atom is -0.370 e. The highest BCUT2D eigenvalue weighted by Crippen LogP contribution is 2.41. The number of benzene rings is 1. The molecular formula is C28H30FN7O. The summed E-state index contributed by atoms with van der Waals surface area (Å²) in [7, 11) is 1.53. The summed E-state index contributed by atoms with van der Waals surface area (Å²) < 4.78 is 14.8. The first-order valence-electron chi connectivity index (χ1n) is 12.4. The SMILES string of the molecule is CNC(=O)c1ccnc2c(C(C)[C@H](C)CNc3cc(-c4ccc(C5(N)CC5)nc4)ncn3)ccc(F)c12. The highest BCUT2D eigenvalue weighted by atomic mass is 19.1. The Morgan fingerprint density at radius 1 is 1.11 bits per heavy atom. The number of halogens is 1. The first-order valence-corrected chi connectivity index (χ1v) is 12.4. The molecule has 1 aliphatic rings. The van der Waals surface area contributed by atoms with E-state index in [-0.39, 0.29) is 34.2 Å². The summed E-state index contributed by atoms with van der Waals surface area (Å²) in [6.45, 7) is 4.81. The molecule has 0 saturated heterocycles. The lowest BCUT2D eigenvalue weighted by atomic mass is 9.86. The van der Waals surface area contributed by atoms with Crippen LogP contribution in [0.3, 0.4) is 0 Å². The Morgan fingerprint density at radius 3 is 2.62 bits per heavy atom. The topological polar surface area (TPSA) is 119 Å². The van der Waals surface area contributed by atoms with Crippen LogP contribution in [0.2, 0.25) is 0 Å². The number of anilines is 1. The second-order valence-electron chi connectivity index (χ2n) is 9.82. The second-order valence-corrected chi connectivity index (χ2v) is 9.82. The third kappa shape index (κ3) is 4.86. The van der Waals surface area contributed by atoms with Crippen molar-refractivity contribution in [3.8, 4) is 11.3 Å². The zero-order chi connectivity index (χ0) is 26.2. The maximum Gasteiger partial charge on any atom is 0.251 e. The van der Waals surface area contributed by atoms with Gasteiger partial charge in [-0.15, -0.1) is 0 Å². The summed E-state index contributed by atoms with van der Waals surface area (Å²) in [4.78, 5) is 30.1. The van der Waals surface area contributed by atoms with Gasteiger partial charge in [0.1, 0.15) is 18.0 Å². The monoisotopic (exact) mass is 499 g/mol. The van der Waals surface area contributed by atoms with Gasteiger partial charge in [0.25, 0.3) is 5.91 Å². The van der Waals surface area contributed by atoms with Gasteiger partial charge in [-0.05, 0) is 54.5 Å². The molecule has 0 radical (unpaired) electrons. The van der Waals surface area contributed by atoms with Crippen molar-refractivity contribution in [1.29, 1.82) is 0 Å². The molecule has 1 saturated carbocycles. The smallest absolute Gasteiger partial charge is 0.251 e. The van der Waals surface area contributed by atoms with Crippen molar-refractivity contribution in [2.45, 2.75) is 38.1 Å². The molecule has 9 heteroatoms. The first kappa shape index (κ1) is 24.7. The molecule has 3 aromatic heterocycles. The van der Waals surface area contributed by atoms with Gasteiger partial charge in [-0.3, -0.25) is 14.8 Å². The van der Waals surface area contributed by atoms with Crippen molar-refractivity contribution in [2.24, 2.45) is 11.7 Å². The molecule has 1 unspecified atom stereocenters. The van der Waals surface area contributed by atoms with E-state index in [2.05, 4.69) is 44.4 Å². The van der Waals surface area contributed by atoms with Crippen LogP contribution >= 0.6 is 0 Å². The lowest BCUT2D eigenvalue weighted by Gasteiger charge is -2.22. The Morgan fingerprint density at radius 2 is 1.92 bits per heavy atom. The highest BCUT2D eigenvalue weighted by Gasteiger charge is 2.41. The van der Waals surface area contributed by atoms with E-state index in [1.165, 1.54) is 19.4 Å². The van der Waals surface area contributed by atoms with Crippen molar-refractivity contribution in [3.63, 3.8) is 0 Å². The van der Waals surface area contributed by atoms with Gasteiger partial charge in [-0.25, -0.2) is 14.4 Å². The van der Waals surface area contributed by atoms with E-state index in [0.29, 0.717) is 17.9 Å². The predicted molar refractivity (Wildman–Crippen MR) is 142 cm³/mol. The van der Waals surface area contributed by atoms with Crippen LogP contribution in [0.5, 0.6) is 0 Å². The van der Waals surface area contributed by atoms with Crippen LogP contribution in [0.4, 0.5) is 10.2 Å². The summed E-state index contributed by atoms with van der Waals surface area (Å²) in [6, 6.07) is 10.6. The van der Waals surface area contributed by atoms with Gasteiger partial charge in [0, 0.05) is 43.0 Å². The molecule has 1 fully saturated rings. The Balaban J connectivity index is 1.32. The zero-order valence-corrected chi connectivity index (χ0v) is 21.1. The summed E-state index contributed by atoms with van der Waals surface area (Å²) in [5.41, 5.74) is 10.2. The van der Waals surface area contributed by atoms with Gasteiger partial charge in [0.15, 0.2) is 0 Å². The van der Waals surface area contributed by atoms with Gasteiger partial charge in [0.05, 0.1) is 28.0 Å². The second kappa shape index (κ2) is 9.82. The van der Waals surface area contributed by atoms with E-state index in [1.807, 2.05) is 18.2 Å². The Bertz CT molecular complexity index is 1450. The molecule has 2 atom stereocenters. The van der Waals surface area contributed by atoms with Gasteiger partial charge >= 0.3 is 0 Å². The fourth-order valence-electron chi connectivity index (χ4n) is 4.53. The van der Waals surface area contributed by atoms with Crippen LogP contribution in [-0.4, -0.2) is 39.4 Å². The number of carbonyl (C=O) groups excluding carboxylic acids is 1. The largest absolute Gasteiger partial charge is 0.370 e. The van der Waals surface area contributed by atoms with Crippen molar-refractivity contribution in [3.05, 3.63) is 77.8 Å². The molecule has 1 aromatic carbocycles. The van der Waals surface area contributed by atoms with E-state index in [4.69, 9.17) is 5.73 Å². The molecule has 8 nitrogen and oxygen atoms in total. The Hall–Kier alpha value is -3.98. The number of aromatic nitrogens is 4. The van der Waals surface area contributed by atoms with Gasteiger partial charge < -0.3 is 16.4 Å². The van der Waals surface area contributed by atoms with Crippen LogP contribution < -0.4 is 16.4 Å². The van der Waals surface area contributed by atoms with Crippen molar-refractivity contribution in [1.82, 2.24) is 25.3 Å². The number of hydrogen-bond donors (Lipinski definition) is 3. The lowest BCUT2D eigenvalue weighted by Crippen LogP contribution is -2.20. The molecule has 0 aliphatic heterocycles. The standard InChI is InChI=1S/C28H30FN7O/c1-16(17(2)19-5-6-21(29)25-20(27(37)31-3)8-11-32-26(19)25)13-34-24-12-22(35-15-36-24)18-4-7-23(33-14-18)28(30)9-10-28/h4-8,11-12,14-17H,9-10,13,30H2,1-3H3,(H,31,37)(H,34,35,36)/t16-,17?/m1/s1. The van der Waals surface area contributed by atoms with Crippen LogP contribution in [-0.2, 0) is 5.54 Å².